The Morgan fingerprint density at radius 2 is 2.00 bits per heavy atom. The van der Waals surface area contributed by atoms with Crippen LogP contribution in [0, 0.1) is 11.8 Å². The Bertz CT molecular complexity index is 434. The molecule has 1 heterocycles. The van der Waals surface area contributed by atoms with Crippen LogP contribution < -0.4 is 5.73 Å². The lowest BCUT2D eigenvalue weighted by Crippen LogP contribution is -2.40. The van der Waals surface area contributed by atoms with Gasteiger partial charge in [-0.1, -0.05) is 12.1 Å². The summed E-state index contributed by atoms with van der Waals surface area (Å²) in [5.41, 5.74) is 6.02. The van der Waals surface area contributed by atoms with Crippen LogP contribution in [0.1, 0.15) is 63.3 Å². The molecule has 0 spiro atoms. The Labute approximate surface area is 113 Å². The zero-order valence-corrected chi connectivity index (χ0v) is 11.8. The molecule has 1 aromatic heterocycles. The monoisotopic (exact) mass is 265 g/mol. The first-order valence-corrected chi connectivity index (χ1v) is 7.28. The third kappa shape index (κ3) is 2.54. The second kappa shape index (κ2) is 4.87. The van der Waals surface area contributed by atoms with Crippen molar-refractivity contribution in [3.63, 3.8) is 0 Å². The Kier molecular flexibility index (Phi) is 3.35. The van der Waals surface area contributed by atoms with Crippen LogP contribution in [0.25, 0.3) is 0 Å². The molecule has 3 rings (SSSR count). The van der Waals surface area contributed by atoms with Crippen molar-refractivity contribution in [2.45, 2.75) is 57.1 Å². The van der Waals surface area contributed by atoms with Gasteiger partial charge < -0.3 is 15.0 Å². The highest BCUT2D eigenvalue weighted by atomic mass is 16.5. The molecule has 19 heavy (non-hydrogen) atoms. The maximum Gasteiger partial charge on any atom is 0.246 e. The summed E-state index contributed by atoms with van der Waals surface area (Å²) in [6, 6.07) is 0. The molecule has 0 aliphatic heterocycles. The van der Waals surface area contributed by atoms with E-state index in [1.807, 2.05) is 0 Å². The fraction of sp³-hybridized carbons (Fsp3) is 0.857. The van der Waals surface area contributed by atoms with Gasteiger partial charge in [0.2, 0.25) is 11.7 Å². The van der Waals surface area contributed by atoms with Gasteiger partial charge in [-0.2, -0.15) is 4.98 Å². The molecule has 0 aromatic carbocycles. The predicted molar refractivity (Wildman–Crippen MR) is 70.3 cm³/mol. The third-order valence-electron chi connectivity index (χ3n) is 4.59. The van der Waals surface area contributed by atoms with E-state index in [1.165, 1.54) is 12.8 Å². The predicted octanol–water partition coefficient (Wildman–Crippen LogP) is 2.53. The quantitative estimate of drug-likeness (QED) is 0.905. The highest BCUT2D eigenvalue weighted by Gasteiger charge is 2.40. The lowest BCUT2D eigenvalue weighted by atomic mass is 9.78. The van der Waals surface area contributed by atoms with Crippen LogP contribution in [0.3, 0.4) is 0 Å². The standard InChI is InChI=1S/C14H23N3O2/c1-9-5-7-14(15,8-6-9)13-16-12(17-19-13)11(18-2)10-3-4-10/h9-11H,3-8,15H2,1-2H3. The second-order valence-electron chi connectivity index (χ2n) is 6.29. The van der Waals surface area contributed by atoms with E-state index in [2.05, 4.69) is 17.1 Å². The first-order valence-electron chi connectivity index (χ1n) is 7.28. The molecule has 1 atom stereocenters. The van der Waals surface area contributed by atoms with Gasteiger partial charge in [0.25, 0.3) is 0 Å². The number of nitrogens with zero attached hydrogens (tertiary/aromatic N) is 2. The minimum atomic E-state index is -0.431. The van der Waals surface area contributed by atoms with E-state index in [9.17, 15) is 0 Å². The Morgan fingerprint density at radius 1 is 1.32 bits per heavy atom. The van der Waals surface area contributed by atoms with Gasteiger partial charge in [-0.25, -0.2) is 0 Å². The zero-order valence-electron chi connectivity index (χ0n) is 11.8. The number of aromatic nitrogens is 2. The second-order valence-corrected chi connectivity index (χ2v) is 6.29. The number of rotatable bonds is 4. The van der Waals surface area contributed by atoms with Crippen LogP contribution in [0.2, 0.25) is 0 Å². The minimum Gasteiger partial charge on any atom is -0.373 e. The van der Waals surface area contributed by atoms with Crippen LogP contribution in [0.15, 0.2) is 4.52 Å². The summed E-state index contributed by atoms with van der Waals surface area (Å²) in [4.78, 5) is 4.54. The van der Waals surface area contributed by atoms with Crippen molar-refractivity contribution in [1.29, 1.82) is 0 Å². The molecule has 2 fully saturated rings. The fourth-order valence-corrected chi connectivity index (χ4v) is 2.95. The summed E-state index contributed by atoms with van der Waals surface area (Å²) in [5, 5.41) is 4.10. The van der Waals surface area contributed by atoms with E-state index < -0.39 is 5.54 Å². The molecule has 106 valence electrons. The largest absolute Gasteiger partial charge is 0.373 e. The summed E-state index contributed by atoms with van der Waals surface area (Å²) in [7, 11) is 1.71. The van der Waals surface area contributed by atoms with Crippen LogP contribution in [-0.4, -0.2) is 17.3 Å². The molecule has 2 aliphatic carbocycles. The van der Waals surface area contributed by atoms with Gasteiger partial charge in [-0.15, -0.1) is 0 Å². The SMILES string of the molecule is COC(c1noc(C2(N)CCC(C)CC2)n1)C1CC1. The van der Waals surface area contributed by atoms with E-state index in [1.54, 1.807) is 7.11 Å². The maximum atomic E-state index is 6.45. The Hall–Kier alpha value is -0.940. The normalized spacial score (nSPS) is 33.3. The molecule has 0 radical (unpaired) electrons. The smallest absolute Gasteiger partial charge is 0.246 e. The van der Waals surface area contributed by atoms with Crippen LogP contribution in [-0.2, 0) is 10.3 Å². The molecule has 0 saturated heterocycles. The van der Waals surface area contributed by atoms with Gasteiger partial charge in [0.15, 0.2) is 0 Å². The van der Waals surface area contributed by atoms with Crippen molar-refractivity contribution >= 4 is 0 Å². The molecule has 1 unspecified atom stereocenters. The van der Waals surface area contributed by atoms with Crippen LogP contribution in [0.4, 0.5) is 0 Å². The third-order valence-corrected chi connectivity index (χ3v) is 4.59. The van der Waals surface area contributed by atoms with Crippen molar-refractivity contribution in [2.24, 2.45) is 17.6 Å². The molecule has 0 bridgehead atoms. The van der Waals surface area contributed by atoms with Crippen molar-refractivity contribution in [3.8, 4) is 0 Å². The molecular formula is C14H23N3O2. The lowest BCUT2D eigenvalue weighted by molar-refractivity contribution is 0.0750. The number of hydrogen-bond donors (Lipinski definition) is 1. The van der Waals surface area contributed by atoms with Crippen molar-refractivity contribution in [2.75, 3.05) is 7.11 Å². The summed E-state index contributed by atoms with van der Waals surface area (Å²) in [6.07, 6.45) is 6.47. The highest BCUT2D eigenvalue weighted by molar-refractivity contribution is 5.07. The van der Waals surface area contributed by atoms with E-state index in [0.29, 0.717) is 17.6 Å². The molecule has 2 saturated carbocycles. The lowest BCUT2D eigenvalue weighted by Gasteiger charge is -2.32. The highest BCUT2D eigenvalue weighted by Crippen LogP contribution is 2.43. The van der Waals surface area contributed by atoms with Gasteiger partial charge in [0, 0.05) is 7.11 Å². The molecular weight excluding hydrogens is 242 g/mol. The van der Waals surface area contributed by atoms with E-state index in [-0.39, 0.29) is 6.10 Å². The summed E-state index contributed by atoms with van der Waals surface area (Å²) in [5.74, 6) is 2.56. The minimum absolute atomic E-state index is 0.0244. The van der Waals surface area contributed by atoms with Gasteiger partial charge in [0.1, 0.15) is 6.10 Å². The van der Waals surface area contributed by atoms with Gasteiger partial charge in [0.05, 0.1) is 5.54 Å². The zero-order chi connectivity index (χ0) is 13.5. The van der Waals surface area contributed by atoms with E-state index >= 15 is 0 Å². The summed E-state index contributed by atoms with van der Waals surface area (Å²) in [6.45, 7) is 2.27. The Morgan fingerprint density at radius 3 is 2.58 bits per heavy atom. The molecule has 0 amide bonds. The Balaban J connectivity index is 1.76. The first kappa shape index (κ1) is 13.1. The average molecular weight is 265 g/mol. The molecule has 2 aliphatic rings. The van der Waals surface area contributed by atoms with Crippen LogP contribution in [0.5, 0.6) is 0 Å². The fourth-order valence-electron chi connectivity index (χ4n) is 2.95. The number of hydrogen-bond acceptors (Lipinski definition) is 5. The number of methoxy groups -OCH3 is 1. The molecule has 5 heteroatoms. The van der Waals surface area contributed by atoms with E-state index in [0.717, 1.165) is 31.6 Å². The molecule has 2 N–H and O–H groups in total. The van der Waals surface area contributed by atoms with Crippen molar-refractivity contribution in [3.05, 3.63) is 11.7 Å². The van der Waals surface area contributed by atoms with Crippen molar-refractivity contribution < 1.29 is 9.26 Å². The van der Waals surface area contributed by atoms with Gasteiger partial charge in [-0.3, -0.25) is 0 Å². The molecule has 1 aromatic rings. The van der Waals surface area contributed by atoms with Crippen molar-refractivity contribution in [1.82, 2.24) is 10.1 Å². The summed E-state index contributed by atoms with van der Waals surface area (Å²) >= 11 is 0. The number of nitrogens with two attached hydrogens (primary N) is 1. The maximum absolute atomic E-state index is 6.45. The molecule has 5 nitrogen and oxygen atoms in total. The van der Waals surface area contributed by atoms with E-state index in [4.69, 9.17) is 15.0 Å². The average Bonchev–Trinajstić information content (AvgIpc) is 3.11. The first-order chi connectivity index (χ1) is 9.12. The summed E-state index contributed by atoms with van der Waals surface area (Å²) < 4.78 is 10.9. The van der Waals surface area contributed by atoms with Gasteiger partial charge in [-0.05, 0) is 50.4 Å². The van der Waals surface area contributed by atoms with Crippen LogP contribution >= 0.6 is 0 Å². The number of ether oxygens (including phenoxy) is 1. The van der Waals surface area contributed by atoms with Gasteiger partial charge >= 0.3 is 0 Å². The topological polar surface area (TPSA) is 74.2 Å².